The van der Waals surface area contributed by atoms with E-state index in [-0.39, 0.29) is 0 Å². The van der Waals surface area contributed by atoms with Gasteiger partial charge in [-0.2, -0.15) is 0 Å². The van der Waals surface area contributed by atoms with E-state index in [4.69, 9.17) is 0 Å². The topological polar surface area (TPSA) is 12.0 Å². The van der Waals surface area contributed by atoms with Crippen LogP contribution in [0.3, 0.4) is 0 Å². The summed E-state index contributed by atoms with van der Waals surface area (Å²) in [6.45, 7) is 12.4. The molecular weight excluding hydrogens is 206 g/mol. The fraction of sp³-hybridized carbons (Fsp3) is 0.625. The van der Waals surface area contributed by atoms with Crippen LogP contribution in [-0.4, -0.2) is 6.54 Å². The van der Waals surface area contributed by atoms with E-state index >= 15 is 0 Å². The highest BCUT2D eigenvalue weighted by molar-refractivity contribution is 5.46. The van der Waals surface area contributed by atoms with Gasteiger partial charge in [0, 0.05) is 12.2 Å². The molecular formula is C16H27N. The van der Waals surface area contributed by atoms with E-state index in [1.807, 2.05) is 0 Å². The van der Waals surface area contributed by atoms with E-state index in [1.165, 1.54) is 17.7 Å². The smallest absolute Gasteiger partial charge is 0.0343 e. The molecule has 0 spiro atoms. The van der Waals surface area contributed by atoms with Crippen molar-refractivity contribution in [1.29, 1.82) is 0 Å². The van der Waals surface area contributed by atoms with Crippen LogP contribution in [0.4, 0.5) is 5.69 Å². The molecule has 1 rings (SSSR count). The Labute approximate surface area is 107 Å². The van der Waals surface area contributed by atoms with Gasteiger partial charge < -0.3 is 5.32 Å². The van der Waals surface area contributed by atoms with Crippen molar-refractivity contribution in [2.24, 2.45) is 11.8 Å². The molecule has 1 N–H and O–H groups in total. The third kappa shape index (κ3) is 5.25. The Kier molecular flexibility index (Phi) is 5.54. The molecule has 0 bridgehead atoms. The van der Waals surface area contributed by atoms with Crippen LogP contribution in [0.25, 0.3) is 0 Å². The van der Waals surface area contributed by atoms with Crippen molar-refractivity contribution in [3.8, 4) is 0 Å². The minimum atomic E-state index is 0.602. The van der Waals surface area contributed by atoms with Crippen molar-refractivity contribution < 1.29 is 0 Å². The zero-order valence-electron chi connectivity index (χ0n) is 12.0. The zero-order valence-corrected chi connectivity index (χ0v) is 12.0. The summed E-state index contributed by atoms with van der Waals surface area (Å²) in [7, 11) is 0. The summed E-state index contributed by atoms with van der Waals surface area (Å²) in [6.07, 6.45) is 1.29. The Hall–Kier alpha value is -0.980. The molecule has 1 aromatic carbocycles. The Morgan fingerprint density at radius 3 is 2.35 bits per heavy atom. The van der Waals surface area contributed by atoms with E-state index in [1.54, 1.807) is 0 Å². The molecule has 0 aliphatic carbocycles. The van der Waals surface area contributed by atoms with Crippen LogP contribution < -0.4 is 5.32 Å². The lowest BCUT2D eigenvalue weighted by Crippen LogP contribution is -2.13. The van der Waals surface area contributed by atoms with Crippen LogP contribution in [0.1, 0.15) is 52.5 Å². The molecule has 1 heteroatoms. The molecule has 0 radical (unpaired) electrons. The predicted octanol–water partition coefficient (Wildman–Crippen LogP) is 4.90. The van der Waals surface area contributed by atoms with Gasteiger partial charge in [-0.1, -0.05) is 46.8 Å². The first kappa shape index (κ1) is 14.1. The molecule has 17 heavy (non-hydrogen) atoms. The van der Waals surface area contributed by atoms with Crippen molar-refractivity contribution in [3.63, 3.8) is 0 Å². The molecule has 0 saturated heterocycles. The van der Waals surface area contributed by atoms with Gasteiger partial charge in [-0.05, 0) is 41.9 Å². The summed E-state index contributed by atoms with van der Waals surface area (Å²) < 4.78 is 0. The van der Waals surface area contributed by atoms with Crippen molar-refractivity contribution in [1.82, 2.24) is 0 Å². The first-order valence-corrected chi connectivity index (χ1v) is 6.83. The lowest BCUT2D eigenvalue weighted by Gasteiger charge is -2.16. The number of hydrogen-bond donors (Lipinski definition) is 1. The second kappa shape index (κ2) is 6.68. The maximum Gasteiger partial charge on any atom is 0.0343 e. The molecule has 1 nitrogen and oxygen atoms in total. The molecule has 1 aromatic rings. The summed E-state index contributed by atoms with van der Waals surface area (Å²) in [6, 6.07) is 8.78. The van der Waals surface area contributed by atoms with Crippen LogP contribution >= 0.6 is 0 Å². The number of benzene rings is 1. The highest BCUT2D eigenvalue weighted by Gasteiger charge is 2.05. The largest absolute Gasteiger partial charge is 0.385 e. The van der Waals surface area contributed by atoms with Crippen molar-refractivity contribution in [2.45, 2.75) is 47.0 Å². The molecule has 1 atom stereocenters. The SMILES string of the molecule is CC(C)CC(C)CNc1cccc(C(C)C)c1. The monoisotopic (exact) mass is 233 g/mol. The Bertz CT molecular complexity index is 328. The molecule has 0 aromatic heterocycles. The summed E-state index contributed by atoms with van der Waals surface area (Å²) in [5.74, 6) is 2.12. The van der Waals surface area contributed by atoms with Gasteiger partial charge in [0.2, 0.25) is 0 Å². The molecule has 0 aliphatic heterocycles. The maximum absolute atomic E-state index is 3.55. The zero-order chi connectivity index (χ0) is 12.8. The van der Waals surface area contributed by atoms with Crippen molar-refractivity contribution in [2.75, 3.05) is 11.9 Å². The minimum Gasteiger partial charge on any atom is -0.385 e. The van der Waals surface area contributed by atoms with E-state index in [0.29, 0.717) is 5.92 Å². The van der Waals surface area contributed by atoms with Crippen molar-refractivity contribution >= 4 is 5.69 Å². The van der Waals surface area contributed by atoms with Gasteiger partial charge in [0.15, 0.2) is 0 Å². The average molecular weight is 233 g/mol. The molecule has 0 aliphatic rings. The molecule has 0 heterocycles. The van der Waals surface area contributed by atoms with Crippen LogP contribution in [0.2, 0.25) is 0 Å². The van der Waals surface area contributed by atoms with Gasteiger partial charge in [0.05, 0.1) is 0 Å². The number of hydrogen-bond acceptors (Lipinski definition) is 1. The summed E-state index contributed by atoms with van der Waals surface area (Å²) in [5, 5.41) is 3.55. The Morgan fingerprint density at radius 2 is 1.76 bits per heavy atom. The van der Waals surface area contributed by atoms with E-state index in [2.05, 4.69) is 64.2 Å². The number of anilines is 1. The average Bonchev–Trinajstić information content (AvgIpc) is 2.26. The van der Waals surface area contributed by atoms with Gasteiger partial charge in [-0.25, -0.2) is 0 Å². The third-order valence-electron chi connectivity index (χ3n) is 3.08. The minimum absolute atomic E-state index is 0.602. The van der Waals surface area contributed by atoms with E-state index in [0.717, 1.165) is 18.4 Å². The fourth-order valence-electron chi connectivity index (χ4n) is 2.19. The Morgan fingerprint density at radius 1 is 1.06 bits per heavy atom. The van der Waals surface area contributed by atoms with Crippen molar-refractivity contribution in [3.05, 3.63) is 29.8 Å². The quantitative estimate of drug-likeness (QED) is 0.736. The van der Waals surface area contributed by atoms with Gasteiger partial charge >= 0.3 is 0 Å². The molecule has 96 valence electrons. The third-order valence-corrected chi connectivity index (χ3v) is 3.08. The second-order valence-corrected chi connectivity index (χ2v) is 5.90. The summed E-state index contributed by atoms with van der Waals surface area (Å²) in [4.78, 5) is 0. The Balaban J connectivity index is 2.49. The lowest BCUT2D eigenvalue weighted by molar-refractivity contribution is 0.455. The van der Waals surface area contributed by atoms with Crippen LogP contribution in [0.5, 0.6) is 0 Å². The second-order valence-electron chi connectivity index (χ2n) is 5.90. The molecule has 0 amide bonds. The number of nitrogens with one attached hydrogen (secondary N) is 1. The van der Waals surface area contributed by atoms with Gasteiger partial charge in [0.1, 0.15) is 0 Å². The van der Waals surface area contributed by atoms with Crippen LogP contribution in [-0.2, 0) is 0 Å². The van der Waals surface area contributed by atoms with Gasteiger partial charge in [0.25, 0.3) is 0 Å². The number of rotatable bonds is 6. The summed E-state index contributed by atoms with van der Waals surface area (Å²) in [5.41, 5.74) is 2.67. The van der Waals surface area contributed by atoms with Gasteiger partial charge in [-0.3, -0.25) is 0 Å². The lowest BCUT2D eigenvalue weighted by atomic mass is 9.98. The molecule has 0 fully saturated rings. The first-order valence-electron chi connectivity index (χ1n) is 6.83. The van der Waals surface area contributed by atoms with E-state index < -0.39 is 0 Å². The normalized spacial score (nSPS) is 13.1. The fourth-order valence-corrected chi connectivity index (χ4v) is 2.19. The molecule has 1 unspecified atom stereocenters. The van der Waals surface area contributed by atoms with Gasteiger partial charge in [-0.15, -0.1) is 0 Å². The van der Waals surface area contributed by atoms with Crippen LogP contribution in [0, 0.1) is 11.8 Å². The first-order chi connectivity index (χ1) is 7.99. The molecule has 0 saturated carbocycles. The van der Waals surface area contributed by atoms with Crippen LogP contribution in [0.15, 0.2) is 24.3 Å². The highest BCUT2D eigenvalue weighted by Crippen LogP contribution is 2.19. The van der Waals surface area contributed by atoms with E-state index in [9.17, 15) is 0 Å². The predicted molar refractivity (Wildman–Crippen MR) is 77.6 cm³/mol. The summed E-state index contributed by atoms with van der Waals surface area (Å²) >= 11 is 0. The highest BCUT2D eigenvalue weighted by atomic mass is 14.9. The standard InChI is InChI=1S/C16H27N/c1-12(2)9-14(5)11-17-16-8-6-7-15(10-16)13(3)4/h6-8,10,12-14,17H,9,11H2,1-5H3. The maximum atomic E-state index is 3.55.